The Bertz CT molecular complexity index is 1500. The number of rotatable bonds is 6. The van der Waals surface area contributed by atoms with Crippen LogP contribution >= 0.6 is 11.6 Å². The van der Waals surface area contributed by atoms with Crippen molar-refractivity contribution in [2.24, 2.45) is 5.92 Å². The summed E-state index contributed by atoms with van der Waals surface area (Å²) in [6.45, 7) is 4.79. The molecule has 4 amide bonds. The summed E-state index contributed by atoms with van der Waals surface area (Å²) in [5.41, 5.74) is 1.18. The first-order chi connectivity index (χ1) is 23.0. The lowest BCUT2D eigenvalue weighted by atomic mass is 9.82. The lowest BCUT2D eigenvalue weighted by molar-refractivity contribution is -0.141. The Morgan fingerprint density at radius 1 is 0.958 bits per heavy atom. The smallest absolute Gasteiger partial charge is 0.417 e. The Hall–Kier alpha value is -3.55. The van der Waals surface area contributed by atoms with Crippen LogP contribution in [0.1, 0.15) is 42.4 Å². The molecule has 0 saturated carbocycles. The average Bonchev–Trinajstić information content (AvgIpc) is 3.24. The minimum Gasteiger partial charge on any atom is -0.465 e. The number of carbonyl (C=O) groups is 3. The number of carbonyl (C=O) groups excluding carboxylic acids is 2. The molecule has 14 heteroatoms. The zero-order chi connectivity index (χ0) is 34.0. The number of amides is 4. The second kappa shape index (κ2) is 14.5. The average molecular weight is 691 g/mol. The molecule has 0 bridgehead atoms. The van der Waals surface area contributed by atoms with Crippen LogP contribution in [0, 0.1) is 5.92 Å². The Morgan fingerprint density at radius 2 is 1.69 bits per heavy atom. The molecule has 260 valence electrons. The van der Waals surface area contributed by atoms with Crippen LogP contribution in [0.4, 0.5) is 28.4 Å². The molecule has 2 unspecified atom stereocenters. The standard InChI is InChI=1S/C34H42ClF3N6O4/c35-28-20-22(5-6-27(28)34(36,37)38)19-26(31(45)42-17-15-41(16-18-42)24-7-11-39-12-8-24)30-21-25(10-14-44(30)33(47)48)43-13-9-23-3-1-2-4-29(23)40-32(43)46/h1-6,20,24-26,30,39H,7-19,21H2,(H,40,46)(H,47,48)/t25?,26?,30-/m1/s1. The van der Waals surface area contributed by atoms with E-state index >= 15 is 0 Å². The molecule has 0 aliphatic carbocycles. The number of likely N-dealkylation sites (tertiary alicyclic amines) is 1. The maximum Gasteiger partial charge on any atom is 0.417 e. The molecule has 48 heavy (non-hydrogen) atoms. The molecular formula is C34H42ClF3N6O4. The summed E-state index contributed by atoms with van der Waals surface area (Å²) in [7, 11) is 0. The number of alkyl halides is 3. The predicted octanol–water partition coefficient (Wildman–Crippen LogP) is 5.01. The van der Waals surface area contributed by atoms with E-state index in [9.17, 15) is 32.7 Å². The fourth-order valence-electron chi connectivity index (χ4n) is 7.89. The van der Waals surface area contributed by atoms with Crippen molar-refractivity contribution in [1.82, 2.24) is 24.9 Å². The highest BCUT2D eigenvalue weighted by atomic mass is 35.5. The van der Waals surface area contributed by atoms with Gasteiger partial charge in [-0.15, -0.1) is 0 Å². The lowest BCUT2D eigenvalue weighted by Crippen LogP contribution is -2.60. The maximum atomic E-state index is 14.5. The first-order valence-electron chi connectivity index (χ1n) is 16.7. The van der Waals surface area contributed by atoms with Gasteiger partial charge in [-0.25, -0.2) is 9.59 Å². The molecule has 3 fully saturated rings. The van der Waals surface area contributed by atoms with E-state index < -0.39 is 34.8 Å². The third-order valence-electron chi connectivity index (χ3n) is 10.5. The number of hydrogen-bond donors (Lipinski definition) is 3. The van der Waals surface area contributed by atoms with Crippen molar-refractivity contribution in [3.05, 3.63) is 64.2 Å². The molecule has 0 aromatic heterocycles. The molecule has 2 aromatic rings. The molecule has 3 N–H and O–H groups in total. The maximum absolute atomic E-state index is 14.5. The number of piperazine rings is 1. The number of nitrogens with one attached hydrogen (secondary N) is 2. The fraction of sp³-hybridized carbons (Fsp3) is 0.559. The van der Waals surface area contributed by atoms with E-state index in [1.54, 1.807) is 9.80 Å². The molecule has 3 atom stereocenters. The van der Waals surface area contributed by atoms with Gasteiger partial charge in [0.15, 0.2) is 0 Å². The Morgan fingerprint density at radius 3 is 2.38 bits per heavy atom. The van der Waals surface area contributed by atoms with Crippen molar-refractivity contribution >= 4 is 35.3 Å². The van der Waals surface area contributed by atoms with Crippen LogP contribution in [-0.4, -0.2) is 113 Å². The number of nitrogens with zero attached hydrogens (tertiary/aromatic N) is 4. The number of para-hydroxylation sites is 1. The molecule has 2 aromatic carbocycles. The first-order valence-corrected chi connectivity index (χ1v) is 17.1. The zero-order valence-corrected chi connectivity index (χ0v) is 27.5. The Balaban J connectivity index is 1.27. The van der Waals surface area contributed by atoms with Crippen molar-refractivity contribution in [1.29, 1.82) is 0 Å². The number of fused-ring (bicyclic) bond motifs is 1. The molecule has 4 heterocycles. The molecule has 10 nitrogen and oxygen atoms in total. The summed E-state index contributed by atoms with van der Waals surface area (Å²) in [6.07, 6.45) is -2.50. The van der Waals surface area contributed by atoms with Gasteiger partial charge in [0.05, 0.1) is 16.5 Å². The van der Waals surface area contributed by atoms with Gasteiger partial charge < -0.3 is 30.4 Å². The monoisotopic (exact) mass is 690 g/mol. The van der Waals surface area contributed by atoms with Crippen molar-refractivity contribution in [3.63, 3.8) is 0 Å². The SMILES string of the molecule is O=C(C(Cc1ccc(C(F)(F)F)c(Cl)c1)[C@H]1CC(N2CCc3ccccc3NC2=O)CCN1C(=O)O)N1CCN(C2CCNCC2)CC1. The van der Waals surface area contributed by atoms with E-state index in [4.69, 9.17) is 11.6 Å². The summed E-state index contributed by atoms with van der Waals surface area (Å²) in [6, 6.07) is 10.0. The van der Waals surface area contributed by atoms with Crippen molar-refractivity contribution in [3.8, 4) is 0 Å². The van der Waals surface area contributed by atoms with Crippen LogP contribution in [0.2, 0.25) is 5.02 Å². The van der Waals surface area contributed by atoms with Crippen LogP contribution in [0.3, 0.4) is 0 Å². The molecule has 0 spiro atoms. The summed E-state index contributed by atoms with van der Waals surface area (Å²) in [5, 5.41) is 16.2. The quantitative estimate of drug-likeness (QED) is 0.393. The zero-order valence-electron chi connectivity index (χ0n) is 26.7. The number of anilines is 1. The highest BCUT2D eigenvalue weighted by molar-refractivity contribution is 6.31. The van der Waals surface area contributed by atoms with Crippen molar-refractivity contribution < 1.29 is 32.7 Å². The van der Waals surface area contributed by atoms with E-state index in [0.717, 1.165) is 43.2 Å². The second-order valence-corrected chi connectivity index (χ2v) is 13.6. The number of halogens is 4. The predicted molar refractivity (Wildman–Crippen MR) is 175 cm³/mol. The summed E-state index contributed by atoms with van der Waals surface area (Å²) in [4.78, 5) is 47.8. The summed E-state index contributed by atoms with van der Waals surface area (Å²) in [5.74, 6) is -1.13. The van der Waals surface area contributed by atoms with Gasteiger partial charge in [-0.3, -0.25) is 9.69 Å². The Labute approximate surface area is 283 Å². The second-order valence-electron chi connectivity index (χ2n) is 13.2. The van der Waals surface area contributed by atoms with Gasteiger partial charge in [0, 0.05) is 63.1 Å². The minimum atomic E-state index is -4.64. The van der Waals surface area contributed by atoms with E-state index in [-0.39, 0.29) is 37.4 Å². The summed E-state index contributed by atoms with van der Waals surface area (Å²) < 4.78 is 40.5. The van der Waals surface area contributed by atoms with Crippen LogP contribution in [0.25, 0.3) is 0 Å². The number of benzene rings is 2. The number of piperidine rings is 2. The number of hydrogen-bond acceptors (Lipinski definition) is 5. The van der Waals surface area contributed by atoms with Crippen LogP contribution in [0.15, 0.2) is 42.5 Å². The largest absolute Gasteiger partial charge is 0.465 e. The Kier molecular flexibility index (Phi) is 10.4. The molecule has 6 rings (SSSR count). The van der Waals surface area contributed by atoms with Gasteiger partial charge in [-0.1, -0.05) is 35.9 Å². The van der Waals surface area contributed by atoms with Crippen molar-refractivity contribution in [2.75, 3.05) is 57.7 Å². The topological polar surface area (TPSA) is 108 Å². The molecular weight excluding hydrogens is 649 g/mol. The molecule has 4 aliphatic rings. The van der Waals surface area contributed by atoms with Crippen LogP contribution < -0.4 is 10.6 Å². The van der Waals surface area contributed by atoms with Crippen LogP contribution in [0.5, 0.6) is 0 Å². The van der Waals surface area contributed by atoms with Crippen LogP contribution in [-0.2, 0) is 23.8 Å². The number of urea groups is 1. The highest BCUT2D eigenvalue weighted by Crippen LogP contribution is 2.37. The van der Waals surface area contributed by atoms with Gasteiger partial charge in [0.25, 0.3) is 0 Å². The summed E-state index contributed by atoms with van der Waals surface area (Å²) >= 11 is 6.09. The van der Waals surface area contributed by atoms with Gasteiger partial charge in [-0.2, -0.15) is 13.2 Å². The molecule has 4 aliphatic heterocycles. The van der Waals surface area contributed by atoms with E-state index in [1.807, 2.05) is 24.3 Å². The first kappa shape index (κ1) is 34.3. The third kappa shape index (κ3) is 7.52. The highest BCUT2D eigenvalue weighted by Gasteiger charge is 2.44. The van der Waals surface area contributed by atoms with Gasteiger partial charge in [-0.05, 0) is 80.9 Å². The van der Waals surface area contributed by atoms with Gasteiger partial charge in [0.1, 0.15) is 0 Å². The molecule has 3 saturated heterocycles. The third-order valence-corrected chi connectivity index (χ3v) is 10.8. The van der Waals surface area contributed by atoms with Gasteiger partial charge in [0.2, 0.25) is 5.91 Å². The minimum absolute atomic E-state index is 0.00397. The normalized spacial score (nSPS) is 23.7. The number of carboxylic acid groups (broad SMARTS) is 1. The van der Waals surface area contributed by atoms with Crippen molar-refractivity contribution in [2.45, 2.75) is 62.8 Å². The van der Waals surface area contributed by atoms with E-state index in [2.05, 4.69) is 15.5 Å². The fourth-order valence-corrected chi connectivity index (χ4v) is 8.20. The molecule has 0 radical (unpaired) electrons. The van der Waals surface area contributed by atoms with E-state index in [0.29, 0.717) is 57.2 Å². The van der Waals surface area contributed by atoms with Gasteiger partial charge >= 0.3 is 18.3 Å². The lowest BCUT2D eigenvalue weighted by Gasteiger charge is -2.46. The van der Waals surface area contributed by atoms with E-state index in [1.165, 1.54) is 17.0 Å².